The van der Waals surface area contributed by atoms with Crippen molar-refractivity contribution in [2.75, 3.05) is 0 Å². The molecule has 2 N–H and O–H groups in total. The maximum absolute atomic E-state index is 11.3. The zero-order valence-corrected chi connectivity index (χ0v) is 11.3. The largest absolute Gasteiger partial charge is 0.480 e. The van der Waals surface area contributed by atoms with E-state index < -0.39 is 11.5 Å². The van der Waals surface area contributed by atoms with Gasteiger partial charge < -0.3 is 9.52 Å². The number of para-hydroxylation sites is 1. The van der Waals surface area contributed by atoms with Crippen LogP contribution in [0.15, 0.2) is 34.7 Å². The van der Waals surface area contributed by atoms with Crippen LogP contribution in [0.3, 0.4) is 0 Å². The van der Waals surface area contributed by atoms with E-state index in [4.69, 9.17) is 4.42 Å². The fourth-order valence-corrected chi connectivity index (χ4v) is 2.18. The van der Waals surface area contributed by atoms with Crippen LogP contribution in [0.2, 0.25) is 0 Å². The van der Waals surface area contributed by atoms with Gasteiger partial charge in [0.05, 0.1) is 6.54 Å². The molecule has 2 rings (SSSR count). The quantitative estimate of drug-likeness (QED) is 0.838. The number of rotatable bonds is 6. The smallest absolute Gasteiger partial charge is 0.323 e. The molecule has 0 fully saturated rings. The van der Waals surface area contributed by atoms with Gasteiger partial charge in [0.1, 0.15) is 16.9 Å². The molecule has 1 aromatic heterocycles. The molecule has 0 bridgehead atoms. The molecule has 4 heteroatoms. The Hall–Kier alpha value is -1.81. The van der Waals surface area contributed by atoms with Gasteiger partial charge in [0.15, 0.2) is 0 Å². The Bertz CT molecular complexity index is 543. The van der Waals surface area contributed by atoms with E-state index in [0.717, 1.165) is 23.2 Å². The maximum Gasteiger partial charge on any atom is 0.323 e. The Kier molecular flexibility index (Phi) is 3.90. The van der Waals surface area contributed by atoms with E-state index in [1.807, 2.05) is 37.3 Å². The van der Waals surface area contributed by atoms with Gasteiger partial charge in [0, 0.05) is 5.39 Å². The molecule has 1 atom stereocenters. The molecule has 1 aromatic carbocycles. The lowest BCUT2D eigenvalue weighted by atomic mass is 9.96. The molecular formula is C15H19NO3. The van der Waals surface area contributed by atoms with Gasteiger partial charge in [-0.1, -0.05) is 31.5 Å². The lowest BCUT2D eigenvalue weighted by Gasteiger charge is -2.25. The molecule has 0 saturated carbocycles. The van der Waals surface area contributed by atoms with Crippen LogP contribution in [0.4, 0.5) is 0 Å². The van der Waals surface area contributed by atoms with Gasteiger partial charge in [-0.3, -0.25) is 10.1 Å². The van der Waals surface area contributed by atoms with E-state index in [1.54, 1.807) is 6.92 Å². The fraction of sp³-hybridized carbons (Fsp3) is 0.400. The first-order valence-electron chi connectivity index (χ1n) is 6.51. The van der Waals surface area contributed by atoms with Crippen molar-refractivity contribution in [2.45, 2.75) is 38.8 Å². The Labute approximate surface area is 112 Å². The van der Waals surface area contributed by atoms with Crippen LogP contribution in [-0.2, 0) is 11.3 Å². The summed E-state index contributed by atoms with van der Waals surface area (Å²) >= 11 is 0. The molecule has 4 nitrogen and oxygen atoms in total. The van der Waals surface area contributed by atoms with Gasteiger partial charge in [0.2, 0.25) is 0 Å². The molecule has 0 aliphatic carbocycles. The molecule has 1 unspecified atom stereocenters. The van der Waals surface area contributed by atoms with E-state index in [0.29, 0.717) is 13.0 Å². The number of nitrogens with one attached hydrogen (secondary N) is 1. The number of furan rings is 1. The molecule has 0 aliphatic rings. The molecule has 19 heavy (non-hydrogen) atoms. The van der Waals surface area contributed by atoms with Gasteiger partial charge in [-0.05, 0) is 25.5 Å². The summed E-state index contributed by atoms with van der Waals surface area (Å²) in [6.45, 7) is 4.10. The third kappa shape index (κ3) is 2.96. The fourth-order valence-electron chi connectivity index (χ4n) is 2.18. The number of carboxylic acid groups (broad SMARTS) is 1. The molecule has 102 valence electrons. The predicted octanol–water partition coefficient (Wildman–Crippen LogP) is 3.17. The van der Waals surface area contributed by atoms with Crippen LogP contribution >= 0.6 is 0 Å². The minimum absolute atomic E-state index is 0.414. The van der Waals surface area contributed by atoms with Gasteiger partial charge in [-0.2, -0.15) is 0 Å². The summed E-state index contributed by atoms with van der Waals surface area (Å²) in [7, 11) is 0. The molecule has 0 amide bonds. The van der Waals surface area contributed by atoms with Gasteiger partial charge >= 0.3 is 5.97 Å². The van der Waals surface area contributed by atoms with Crippen LogP contribution in [0.5, 0.6) is 0 Å². The summed E-state index contributed by atoms with van der Waals surface area (Å²) in [5.41, 5.74) is -0.0832. The molecular weight excluding hydrogens is 242 g/mol. The minimum Gasteiger partial charge on any atom is -0.480 e. The third-order valence-corrected chi connectivity index (χ3v) is 3.35. The van der Waals surface area contributed by atoms with E-state index >= 15 is 0 Å². The highest BCUT2D eigenvalue weighted by Gasteiger charge is 2.31. The summed E-state index contributed by atoms with van der Waals surface area (Å²) in [4.78, 5) is 11.3. The average Bonchev–Trinajstić information content (AvgIpc) is 2.79. The number of hydrogen-bond donors (Lipinski definition) is 2. The zero-order chi connectivity index (χ0) is 13.9. The highest BCUT2D eigenvalue weighted by molar-refractivity contribution is 5.79. The molecule has 0 spiro atoms. The monoisotopic (exact) mass is 261 g/mol. The van der Waals surface area contributed by atoms with Crippen molar-refractivity contribution >= 4 is 16.9 Å². The third-order valence-electron chi connectivity index (χ3n) is 3.35. The Balaban J connectivity index is 2.10. The van der Waals surface area contributed by atoms with Crippen molar-refractivity contribution in [3.63, 3.8) is 0 Å². The van der Waals surface area contributed by atoms with Crippen molar-refractivity contribution in [3.8, 4) is 0 Å². The summed E-state index contributed by atoms with van der Waals surface area (Å²) in [5.74, 6) is -0.0739. The van der Waals surface area contributed by atoms with Crippen molar-refractivity contribution in [1.82, 2.24) is 5.32 Å². The van der Waals surface area contributed by atoms with Gasteiger partial charge in [-0.15, -0.1) is 0 Å². The molecule has 0 saturated heterocycles. The second-order valence-corrected chi connectivity index (χ2v) is 4.99. The zero-order valence-electron chi connectivity index (χ0n) is 11.3. The highest BCUT2D eigenvalue weighted by Crippen LogP contribution is 2.20. The Morgan fingerprint density at radius 1 is 1.42 bits per heavy atom. The van der Waals surface area contributed by atoms with Crippen LogP contribution in [0.25, 0.3) is 11.0 Å². The van der Waals surface area contributed by atoms with Crippen molar-refractivity contribution in [3.05, 3.63) is 36.1 Å². The summed E-state index contributed by atoms with van der Waals surface area (Å²) in [6, 6.07) is 9.69. The predicted molar refractivity (Wildman–Crippen MR) is 74.0 cm³/mol. The number of aliphatic carboxylic acids is 1. The molecule has 0 radical (unpaired) electrons. The SMILES string of the molecule is CCCC(C)(NCc1cc2ccccc2o1)C(=O)O. The van der Waals surface area contributed by atoms with Crippen LogP contribution in [0.1, 0.15) is 32.4 Å². The summed E-state index contributed by atoms with van der Waals surface area (Å²) in [6.07, 6.45) is 1.40. The maximum atomic E-state index is 11.3. The Morgan fingerprint density at radius 3 is 2.79 bits per heavy atom. The first kappa shape index (κ1) is 13.6. The topological polar surface area (TPSA) is 62.5 Å². The second-order valence-electron chi connectivity index (χ2n) is 4.99. The normalized spacial score (nSPS) is 14.4. The number of benzene rings is 1. The molecule has 2 aromatic rings. The summed E-state index contributed by atoms with van der Waals surface area (Å²) in [5, 5.41) is 13.4. The number of fused-ring (bicyclic) bond motifs is 1. The van der Waals surface area contributed by atoms with E-state index in [2.05, 4.69) is 5.32 Å². The van der Waals surface area contributed by atoms with Crippen molar-refractivity contribution < 1.29 is 14.3 Å². The molecule has 0 aliphatic heterocycles. The first-order chi connectivity index (χ1) is 9.05. The van der Waals surface area contributed by atoms with E-state index in [9.17, 15) is 9.90 Å². The van der Waals surface area contributed by atoms with Crippen LogP contribution < -0.4 is 5.32 Å². The number of carbonyl (C=O) groups is 1. The number of carboxylic acids is 1. The average molecular weight is 261 g/mol. The van der Waals surface area contributed by atoms with Crippen molar-refractivity contribution in [2.24, 2.45) is 0 Å². The lowest BCUT2D eigenvalue weighted by molar-refractivity contribution is -0.144. The van der Waals surface area contributed by atoms with Crippen molar-refractivity contribution in [1.29, 1.82) is 0 Å². The summed E-state index contributed by atoms with van der Waals surface area (Å²) < 4.78 is 5.67. The first-order valence-corrected chi connectivity index (χ1v) is 6.51. The van der Waals surface area contributed by atoms with Gasteiger partial charge in [0.25, 0.3) is 0 Å². The van der Waals surface area contributed by atoms with E-state index in [1.165, 1.54) is 0 Å². The standard InChI is InChI=1S/C15H19NO3/c1-3-8-15(2,14(17)18)16-10-12-9-11-6-4-5-7-13(11)19-12/h4-7,9,16H,3,8,10H2,1-2H3,(H,17,18). The van der Waals surface area contributed by atoms with Crippen LogP contribution in [-0.4, -0.2) is 16.6 Å². The highest BCUT2D eigenvalue weighted by atomic mass is 16.4. The van der Waals surface area contributed by atoms with Gasteiger partial charge in [-0.25, -0.2) is 0 Å². The molecule has 1 heterocycles. The number of hydrogen-bond acceptors (Lipinski definition) is 3. The Morgan fingerprint density at radius 2 is 2.16 bits per heavy atom. The van der Waals surface area contributed by atoms with E-state index in [-0.39, 0.29) is 0 Å². The minimum atomic E-state index is -0.909. The lowest BCUT2D eigenvalue weighted by Crippen LogP contribution is -2.48. The second kappa shape index (κ2) is 5.45. The van der Waals surface area contributed by atoms with Crippen LogP contribution in [0, 0.1) is 0 Å².